The zero-order chi connectivity index (χ0) is 13.2. The Hall–Kier alpha value is -1.77. The number of benzene rings is 1. The molecule has 3 heteroatoms. The normalized spacial score (nSPS) is 10.7. The van der Waals surface area contributed by atoms with Crippen LogP contribution in [0, 0.1) is 0 Å². The van der Waals surface area contributed by atoms with Gasteiger partial charge in [-0.05, 0) is 37.1 Å². The number of carboxylic acids is 1. The van der Waals surface area contributed by atoms with E-state index in [0.717, 1.165) is 6.42 Å². The predicted octanol–water partition coefficient (Wildman–Crippen LogP) is 3.90. The molecule has 0 saturated carbocycles. The van der Waals surface area contributed by atoms with Gasteiger partial charge in [0.05, 0.1) is 5.56 Å². The Morgan fingerprint density at radius 1 is 1.22 bits per heavy atom. The summed E-state index contributed by atoms with van der Waals surface area (Å²) >= 11 is 0. The molecule has 18 heavy (non-hydrogen) atoms. The molecule has 0 bridgehead atoms. The first-order chi connectivity index (χ1) is 8.74. The maximum atomic E-state index is 10.6. The second-order valence-corrected chi connectivity index (χ2v) is 4.11. The molecule has 0 atom stereocenters. The highest BCUT2D eigenvalue weighted by Gasteiger charge is 2.01. The van der Waals surface area contributed by atoms with Crippen LogP contribution in [0.15, 0.2) is 36.4 Å². The van der Waals surface area contributed by atoms with E-state index in [1.165, 1.54) is 19.3 Å². The molecule has 0 unspecified atom stereocenters. The van der Waals surface area contributed by atoms with E-state index in [9.17, 15) is 4.79 Å². The van der Waals surface area contributed by atoms with E-state index in [1.807, 2.05) is 6.08 Å². The van der Waals surface area contributed by atoms with Crippen molar-refractivity contribution >= 4 is 5.97 Å². The van der Waals surface area contributed by atoms with Gasteiger partial charge in [-0.2, -0.15) is 0 Å². The number of allylic oxidation sites excluding steroid dienone is 1. The van der Waals surface area contributed by atoms with E-state index in [4.69, 9.17) is 9.84 Å². The molecule has 1 rings (SSSR count). The average Bonchev–Trinajstić information content (AvgIpc) is 2.38. The first-order valence-electron chi connectivity index (χ1n) is 6.35. The minimum absolute atomic E-state index is 0.275. The van der Waals surface area contributed by atoms with Gasteiger partial charge in [0, 0.05) is 0 Å². The van der Waals surface area contributed by atoms with Crippen LogP contribution in [0.4, 0.5) is 0 Å². The number of hydrogen-bond donors (Lipinski definition) is 1. The summed E-state index contributed by atoms with van der Waals surface area (Å²) in [5.41, 5.74) is 0.275. The third-order valence-electron chi connectivity index (χ3n) is 2.59. The SMILES string of the molecule is CCCCC/C=C/COc1ccc(C(=O)O)cc1. The van der Waals surface area contributed by atoms with Gasteiger partial charge in [0.1, 0.15) is 12.4 Å². The molecule has 0 aliphatic heterocycles. The van der Waals surface area contributed by atoms with Gasteiger partial charge in [-0.15, -0.1) is 0 Å². The molecule has 0 aromatic heterocycles. The van der Waals surface area contributed by atoms with Gasteiger partial charge in [-0.1, -0.05) is 31.9 Å². The minimum atomic E-state index is -0.919. The lowest BCUT2D eigenvalue weighted by molar-refractivity contribution is 0.0697. The zero-order valence-corrected chi connectivity index (χ0v) is 10.8. The van der Waals surface area contributed by atoms with Gasteiger partial charge in [0.15, 0.2) is 0 Å². The van der Waals surface area contributed by atoms with E-state index >= 15 is 0 Å². The van der Waals surface area contributed by atoms with Crippen molar-refractivity contribution in [3.8, 4) is 5.75 Å². The smallest absolute Gasteiger partial charge is 0.335 e. The Balaban J connectivity index is 2.25. The standard InChI is InChI=1S/C15H20O3/c1-2-3-4-5-6-7-12-18-14-10-8-13(9-11-14)15(16)17/h6-11H,2-5,12H2,1H3,(H,16,17)/b7-6+. The maximum Gasteiger partial charge on any atom is 0.335 e. The highest BCUT2D eigenvalue weighted by molar-refractivity contribution is 5.87. The molecule has 0 aliphatic rings. The lowest BCUT2D eigenvalue weighted by Gasteiger charge is -2.03. The van der Waals surface area contributed by atoms with Gasteiger partial charge in [-0.3, -0.25) is 0 Å². The Morgan fingerprint density at radius 2 is 1.94 bits per heavy atom. The number of carboxylic acid groups (broad SMARTS) is 1. The van der Waals surface area contributed by atoms with Crippen LogP contribution in [0.1, 0.15) is 43.0 Å². The highest BCUT2D eigenvalue weighted by Crippen LogP contribution is 2.12. The van der Waals surface area contributed by atoms with Crippen molar-refractivity contribution in [2.45, 2.75) is 32.6 Å². The largest absolute Gasteiger partial charge is 0.490 e. The Kier molecular flexibility index (Phi) is 6.62. The van der Waals surface area contributed by atoms with Crippen LogP contribution < -0.4 is 4.74 Å². The number of ether oxygens (including phenoxy) is 1. The van der Waals surface area contributed by atoms with Crippen molar-refractivity contribution in [3.63, 3.8) is 0 Å². The molecular formula is C15H20O3. The zero-order valence-electron chi connectivity index (χ0n) is 10.8. The van der Waals surface area contributed by atoms with Crippen molar-refractivity contribution in [2.24, 2.45) is 0 Å². The molecule has 1 aromatic carbocycles. The molecule has 0 radical (unpaired) electrons. The summed E-state index contributed by atoms with van der Waals surface area (Å²) in [5.74, 6) is -0.226. The summed E-state index contributed by atoms with van der Waals surface area (Å²) in [6.45, 7) is 2.71. The number of aromatic carboxylic acids is 1. The van der Waals surface area contributed by atoms with Crippen LogP contribution in [-0.2, 0) is 0 Å². The monoisotopic (exact) mass is 248 g/mol. The van der Waals surface area contributed by atoms with E-state index in [2.05, 4.69) is 13.0 Å². The van der Waals surface area contributed by atoms with E-state index in [1.54, 1.807) is 24.3 Å². The van der Waals surface area contributed by atoms with Crippen molar-refractivity contribution in [3.05, 3.63) is 42.0 Å². The second kappa shape index (κ2) is 8.34. The third-order valence-corrected chi connectivity index (χ3v) is 2.59. The van der Waals surface area contributed by atoms with Gasteiger partial charge >= 0.3 is 5.97 Å². The van der Waals surface area contributed by atoms with Crippen LogP contribution in [0.3, 0.4) is 0 Å². The molecule has 0 amide bonds. The number of unbranched alkanes of at least 4 members (excludes halogenated alkanes) is 3. The molecule has 1 N–H and O–H groups in total. The molecule has 0 fully saturated rings. The summed E-state index contributed by atoms with van der Waals surface area (Å²) in [4.78, 5) is 10.6. The fraction of sp³-hybridized carbons (Fsp3) is 0.400. The van der Waals surface area contributed by atoms with Crippen molar-refractivity contribution in [1.82, 2.24) is 0 Å². The van der Waals surface area contributed by atoms with Crippen molar-refractivity contribution < 1.29 is 14.6 Å². The summed E-state index contributed by atoms with van der Waals surface area (Å²) in [6.07, 6.45) is 8.94. The average molecular weight is 248 g/mol. The van der Waals surface area contributed by atoms with Gasteiger partial charge in [0.2, 0.25) is 0 Å². The first kappa shape index (κ1) is 14.3. The van der Waals surface area contributed by atoms with Crippen LogP contribution in [0.25, 0.3) is 0 Å². The Labute approximate surface area is 108 Å². The molecule has 98 valence electrons. The minimum Gasteiger partial charge on any atom is -0.490 e. The number of rotatable bonds is 8. The molecular weight excluding hydrogens is 228 g/mol. The van der Waals surface area contributed by atoms with E-state index in [0.29, 0.717) is 12.4 Å². The summed E-state index contributed by atoms with van der Waals surface area (Å²) < 4.78 is 5.47. The topological polar surface area (TPSA) is 46.5 Å². The molecule has 0 spiro atoms. The van der Waals surface area contributed by atoms with E-state index in [-0.39, 0.29) is 5.56 Å². The highest BCUT2D eigenvalue weighted by atomic mass is 16.5. The maximum absolute atomic E-state index is 10.6. The van der Waals surface area contributed by atoms with Crippen LogP contribution in [0.2, 0.25) is 0 Å². The molecule has 0 saturated heterocycles. The predicted molar refractivity (Wildman–Crippen MR) is 72.2 cm³/mol. The molecule has 0 heterocycles. The number of hydrogen-bond acceptors (Lipinski definition) is 2. The van der Waals surface area contributed by atoms with Crippen LogP contribution in [-0.4, -0.2) is 17.7 Å². The molecule has 1 aromatic rings. The van der Waals surface area contributed by atoms with Crippen LogP contribution >= 0.6 is 0 Å². The second-order valence-electron chi connectivity index (χ2n) is 4.11. The Bertz CT molecular complexity index is 379. The number of carbonyl (C=O) groups is 1. The van der Waals surface area contributed by atoms with Gasteiger partial charge in [0.25, 0.3) is 0 Å². The summed E-state index contributed by atoms with van der Waals surface area (Å²) in [5, 5.41) is 8.74. The lowest BCUT2D eigenvalue weighted by Crippen LogP contribution is -1.97. The first-order valence-corrected chi connectivity index (χ1v) is 6.35. The third kappa shape index (κ3) is 5.53. The quantitative estimate of drug-likeness (QED) is 0.560. The lowest BCUT2D eigenvalue weighted by atomic mass is 10.2. The van der Waals surface area contributed by atoms with Gasteiger partial charge in [-0.25, -0.2) is 4.79 Å². The summed E-state index contributed by atoms with van der Waals surface area (Å²) in [6, 6.07) is 6.44. The van der Waals surface area contributed by atoms with Crippen molar-refractivity contribution in [2.75, 3.05) is 6.61 Å². The fourth-order valence-electron chi connectivity index (χ4n) is 1.54. The molecule has 0 aliphatic carbocycles. The fourth-order valence-corrected chi connectivity index (χ4v) is 1.54. The molecule has 3 nitrogen and oxygen atoms in total. The van der Waals surface area contributed by atoms with E-state index < -0.39 is 5.97 Å². The Morgan fingerprint density at radius 3 is 2.56 bits per heavy atom. The van der Waals surface area contributed by atoms with Crippen LogP contribution in [0.5, 0.6) is 5.75 Å². The summed E-state index contributed by atoms with van der Waals surface area (Å²) in [7, 11) is 0. The van der Waals surface area contributed by atoms with Gasteiger partial charge < -0.3 is 9.84 Å². The van der Waals surface area contributed by atoms with Crippen molar-refractivity contribution in [1.29, 1.82) is 0 Å².